The monoisotopic (exact) mass is 423 g/mol. The summed E-state index contributed by atoms with van der Waals surface area (Å²) in [6.45, 7) is 0. The van der Waals surface area contributed by atoms with Crippen molar-refractivity contribution in [1.29, 1.82) is 0 Å². The quantitative estimate of drug-likeness (QED) is 0.645. The van der Waals surface area contributed by atoms with Crippen molar-refractivity contribution in [2.24, 2.45) is 0 Å². The lowest BCUT2D eigenvalue weighted by Gasteiger charge is -2.20. The number of rotatable bonds is 3. The number of halogens is 5. The smallest absolute Gasteiger partial charge is 0.129 e. The number of hydrogen-bond acceptors (Lipinski definition) is 1. The van der Waals surface area contributed by atoms with Crippen LogP contribution in [-0.4, -0.2) is 7.05 Å². The number of benzene rings is 2. The predicted molar refractivity (Wildman–Crippen MR) is 84.1 cm³/mol. The first-order chi connectivity index (χ1) is 9.45. The molecule has 0 saturated carbocycles. The molecule has 0 aromatic heterocycles. The van der Waals surface area contributed by atoms with Gasteiger partial charge in [0.05, 0.1) is 11.1 Å². The fourth-order valence-corrected chi connectivity index (χ4v) is 3.06. The van der Waals surface area contributed by atoms with Crippen molar-refractivity contribution >= 4 is 43.5 Å². The van der Waals surface area contributed by atoms with E-state index in [1.165, 1.54) is 18.2 Å². The highest BCUT2D eigenvalue weighted by atomic mass is 79.9. The van der Waals surface area contributed by atoms with Crippen molar-refractivity contribution in [2.45, 2.75) is 6.04 Å². The summed E-state index contributed by atoms with van der Waals surface area (Å²) in [5, 5.41) is 3.29. The van der Waals surface area contributed by atoms with Crippen molar-refractivity contribution in [3.8, 4) is 0 Å². The molecule has 0 fully saturated rings. The third-order valence-electron chi connectivity index (χ3n) is 2.93. The molecule has 20 heavy (non-hydrogen) atoms. The zero-order valence-corrected chi connectivity index (χ0v) is 14.3. The lowest BCUT2D eigenvalue weighted by Crippen LogP contribution is -2.21. The molecule has 0 heterocycles. The summed E-state index contributed by atoms with van der Waals surface area (Å²) in [4.78, 5) is 0. The molecule has 0 amide bonds. The highest BCUT2D eigenvalue weighted by molar-refractivity contribution is 9.10. The lowest BCUT2D eigenvalue weighted by molar-refractivity contribution is 0.545. The van der Waals surface area contributed by atoms with Gasteiger partial charge in [-0.1, -0.05) is 33.6 Å². The molecule has 0 aliphatic rings. The van der Waals surface area contributed by atoms with Gasteiger partial charge in [-0.05, 0) is 47.2 Å². The van der Waals surface area contributed by atoms with Gasteiger partial charge in [-0.25, -0.2) is 8.78 Å². The fourth-order valence-electron chi connectivity index (χ4n) is 2.00. The molecule has 2 aromatic carbocycles. The molecule has 106 valence electrons. The zero-order chi connectivity index (χ0) is 14.9. The van der Waals surface area contributed by atoms with Gasteiger partial charge in [0.15, 0.2) is 0 Å². The Hall–Kier alpha value is -0.490. The van der Waals surface area contributed by atoms with Gasteiger partial charge in [0.25, 0.3) is 0 Å². The molecule has 0 bridgehead atoms. The van der Waals surface area contributed by atoms with Gasteiger partial charge in [0.1, 0.15) is 11.6 Å². The van der Waals surface area contributed by atoms with E-state index < -0.39 is 17.7 Å². The summed E-state index contributed by atoms with van der Waals surface area (Å²) >= 11 is 12.5. The van der Waals surface area contributed by atoms with Crippen LogP contribution >= 0.6 is 43.5 Å². The van der Waals surface area contributed by atoms with Crippen LogP contribution < -0.4 is 5.32 Å². The third kappa shape index (κ3) is 3.06. The number of hydrogen-bond donors (Lipinski definition) is 1. The first-order valence-electron chi connectivity index (χ1n) is 5.71. The van der Waals surface area contributed by atoms with E-state index in [2.05, 4.69) is 37.2 Å². The van der Waals surface area contributed by atoms with E-state index in [9.17, 15) is 8.78 Å². The van der Waals surface area contributed by atoms with Crippen molar-refractivity contribution in [3.05, 3.63) is 67.1 Å². The molecule has 1 atom stereocenters. The van der Waals surface area contributed by atoms with Crippen molar-refractivity contribution in [2.75, 3.05) is 7.05 Å². The topological polar surface area (TPSA) is 12.0 Å². The van der Waals surface area contributed by atoms with Crippen LogP contribution in [0.15, 0.2) is 39.3 Å². The van der Waals surface area contributed by atoms with Crippen LogP contribution in [0.4, 0.5) is 8.78 Å². The minimum Gasteiger partial charge on any atom is -0.309 e. The van der Waals surface area contributed by atoms with Gasteiger partial charge in [-0.15, -0.1) is 0 Å². The normalized spacial score (nSPS) is 12.5. The molecule has 2 rings (SSSR count). The maximum Gasteiger partial charge on any atom is 0.129 e. The Balaban J connectivity index is 2.62. The van der Waals surface area contributed by atoms with E-state index in [0.29, 0.717) is 19.5 Å². The predicted octanol–water partition coefficient (Wildman–Crippen LogP) is 5.45. The van der Waals surface area contributed by atoms with Gasteiger partial charge in [0, 0.05) is 20.1 Å². The fraction of sp³-hybridized carbons (Fsp3) is 0.143. The van der Waals surface area contributed by atoms with Gasteiger partial charge in [0.2, 0.25) is 0 Å². The highest BCUT2D eigenvalue weighted by Gasteiger charge is 2.23. The van der Waals surface area contributed by atoms with E-state index in [1.54, 1.807) is 19.2 Å². The van der Waals surface area contributed by atoms with Crippen molar-refractivity contribution in [3.63, 3.8) is 0 Å². The Morgan fingerprint density at radius 2 is 1.80 bits per heavy atom. The van der Waals surface area contributed by atoms with E-state index in [4.69, 9.17) is 11.6 Å². The third-order valence-corrected chi connectivity index (χ3v) is 4.82. The van der Waals surface area contributed by atoms with Crippen LogP contribution in [0.5, 0.6) is 0 Å². The Morgan fingerprint density at radius 1 is 1.10 bits per heavy atom. The van der Waals surface area contributed by atoms with E-state index >= 15 is 0 Å². The maximum absolute atomic E-state index is 14.2. The second kappa shape index (κ2) is 6.52. The average molecular weight is 425 g/mol. The summed E-state index contributed by atoms with van der Waals surface area (Å²) in [5.74, 6) is -0.882. The zero-order valence-electron chi connectivity index (χ0n) is 10.4. The molecule has 0 aliphatic carbocycles. The molecular weight excluding hydrogens is 415 g/mol. The Morgan fingerprint density at radius 3 is 2.40 bits per heavy atom. The molecule has 0 aliphatic heterocycles. The summed E-state index contributed by atoms with van der Waals surface area (Å²) < 4.78 is 29.2. The standard InChI is InChI=1S/C14H10Br2ClF2N/c1-20-14(13-8(15)3-2-4-11(13)18)7-5-10(17)9(16)6-12(7)19/h2-6,14,20H,1H3. The second-order valence-corrected chi connectivity index (χ2v) is 6.26. The van der Waals surface area contributed by atoms with Crippen LogP contribution in [0.1, 0.15) is 17.2 Å². The van der Waals surface area contributed by atoms with Crippen molar-refractivity contribution < 1.29 is 8.78 Å². The van der Waals surface area contributed by atoms with Gasteiger partial charge < -0.3 is 5.32 Å². The molecule has 2 aromatic rings. The molecular formula is C14H10Br2ClF2N. The molecule has 0 saturated heterocycles. The Kier molecular flexibility index (Phi) is 5.18. The minimum atomic E-state index is -0.642. The van der Waals surface area contributed by atoms with Gasteiger partial charge >= 0.3 is 0 Å². The number of nitrogens with one attached hydrogen (secondary N) is 1. The van der Waals surface area contributed by atoms with Crippen molar-refractivity contribution in [1.82, 2.24) is 5.32 Å². The van der Waals surface area contributed by atoms with Gasteiger partial charge in [-0.2, -0.15) is 0 Å². The average Bonchev–Trinajstić information content (AvgIpc) is 2.39. The van der Waals surface area contributed by atoms with Crippen LogP contribution in [0.25, 0.3) is 0 Å². The summed E-state index contributed by atoms with van der Waals surface area (Å²) in [6.07, 6.45) is 0. The van der Waals surface area contributed by atoms with E-state index in [0.717, 1.165) is 0 Å². The first kappa shape index (κ1) is 15.9. The molecule has 6 heteroatoms. The van der Waals surface area contributed by atoms with Crippen LogP contribution in [0.3, 0.4) is 0 Å². The molecule has 0 radical (unpaired) electrons. The second-order valence-electron chi connectivity index (χ2n) is 4.14. The van der Waals surface area contributed by atoms with Crippen LogP contribution in [0, 0.1) is 11.6 Å². The SMILES string of the molecule is CNC(c1cc(Cl)c(Br)cc1F)c1c(F)cccc1Br. The largest absolute Gasteiger partial charge is 0.309 e. The van der Waals surface area contributed by atoms with Crippen LogP contribution in [-0.2, 0) is 0 Å². The molecule has 1 N–H and O–H groups in total. The van der Waals surface area contributed by atoms with E-state index in [-0.39, 0.29) is 5.56 Å². The molecule has 1 unspecified atom stereocenters. The Bertz CT molecular complexity index is 629. The van der Waals surface area contributed by atoms with Gasteiger partial charge in [-0.3, -0.25) is 0 Å². The summed E-state index contributed by atoms with van der Waals surface area (Å²) in [6, 6.07) is 6.75. The summed E-state index contributed by atoms with van der Waals surface area (Å²) in [7, 11) is 1.64. The first-order valence-corrected chi connectivity index (χ1v) is 7.67. The highest BCUT2D eigenvalue weighted by Crippen LogP contribution is 2.35. The molecule has 0 spiro atoms. The molecule has 1 nitrogen and oxygen atoms in total. The maximum atomic E-state index is 14.2. The summed E-state index contributed by atoms with van der Waals surface area (Å²) in [5.41, 5.74) is 0.624. The van der Waals surface area contributed by atoms with E-state index in [1.807, 2.05) is 0 Å². The minimum absolute atomic E-state index is 0.284. The lowest BCUT2D eigenvalue weighted by atomic mass is 9.98. The Labute approximate surface area is 137 Å². The van der Waals surface area contributed by atoms with Crippen LogP contribution in [0.2, 0.25) is 5.02 Å².